The van der Waals surface area contributed by atoms with E-state index < -0.39 is 43.0 Å². The van der Waals surface area contributed by atoms with E-state index in [0.717, 1.165) is 12.8 Å². The number of likely N-dealkylation sites (N-methyl/N-ethyl adjacent to an activating group) is 1. The van der Waals surface area contributed by atoms with Crippen LogP contribution in [0.15, 0.2) is 18.2 Å². The second-order valence-corrected chi connectivity index (χ2v) is 11.7. The third-order valence-electron chi connectivity index (χ3n) is 7.18. The van der Waals surface area contributed by atoms with E-state index in [2.05, 4.69) is 10.6 Å². The van der Waals surface area contributed by atoms with Gasteiger partial charge < -0.3 is 35.0 Å². The van der Waals surface area contributed by atoms with Gasteiger partial charge in [0.25, 0.3) is 5.91 Å². The lowest BCUT2D eigenvalue weighted by Gasteiger charge is -2.36. The third kappa shape index (κ3) is 12.2. The van der Waals surface area contributed by atoms with Crippen molar-refractivity contribution >= 4 is 23.5 Å². The van der Waals surface area contributed by atoms with Gasteiger partial charge in [0.15, 0.2) is 0 Å². The highest BCUT2D eigenvalue weighted by Crippen LogP contribution is 2.29. The molecular formula is C30H47F3N4O6. The molecule has 0 aromatic heterocycles. The van der Waals surface area contributed by atoms with Crippen LogP contribution in [0.5, 0.6) is 5.75 Å². The maximum Gasteiger partial charge on any atom is 0.389 e. The predicted molar refractivity (Wildman–Crippen MR) is 157 cm³/mol. The minimum atomic E-state index is -4.47. The lowest BCUT2D eigenvalue weighted by Crippen LogP contribution is -2.49. The minimum absolute atomic E-state index is 0.0422. The van der Waals surface area contributed by atoms with Crippen LogP contribution in [0, 0.1) is 5.92 Å². The number of urea groups is 1. The zero-order valence-electron chi connectivity index (χ0n) is 26.0. The van der Waals surface area contributed by atoms with E-state index in [1.54, 1.807) is 18.9 Å². The average molecular weight is 617 g/mol. The van der Waals surface area contributed by atoms with Crippen molar-refractivity contribution < 1.29 is 42.1 Å². The van der Waals surface area contributed by atoms with Gasteiger partial charge in [-0.05, 0) is 65.2 Å². The first kappa shape index (κ1) is 36.1. The van der Waals surface area contributed by atoms with E-state index in [4.69, 9.17) is 9.47 Å². The largest absolute Gasteiger partial charge is 0.490 e. The molecule has 4 atom stereocenters. The van der Waals surface area contributed by atoms with Crippen LogP contribution in [0.1, 0.15) is 77.1 Å². The van der Waals surface area contributed by atoms with E-state index >= 15 is 0 Å². The first-order chi connectivity index (χ1) is 20.1. The van der Waals surface area contributed by atoms with Gasteiger partial charge in [-0.1, -0.05) is 6.92 Å². The highest BCUT2D eigenvalue weighted by Gasteiger charge is 2.31. The van der Waals surface area contributed by atoms with Crippen molar-refractivity contribution in [1.82, 2.24) is 15.1 Å². The molecule has 0 saturated heterocycles. The van der Waals surface area contributed by atoms with E-state index in [1.165, 1.54) is 23.1 Å². The maximum atomic E-state index is 14.1. The van der Waals surface area contributed by atoms with Gasteiger partial charge in [0.1, 0.15) is 5.75 Å². The summed E-state index contributed by atoms with van der Waals surface area (Å²) in [7, 11) is 1.68. The molecule has 4 amide bonds. The number of nitrogens with one attached hydrogen (secondary N) is 2. The fourth-order valence-corrected chi connectivity index (χ4v) is 4.65. The molecule has 1 heterocycles. The second kappa shape index (κ2) is 16.7. The van der Waals surface area contributed by atoms with E-state index in [0.29, 0.717) is 13.0 Å². The molecule has 244 valence electrons. The molecule has 1 aliphatic heterocycles. The Bertz CT molecular complexity index is 1070. The Kier molecular flexibility index (Phi) is 14.0. The van der Waals surface area contributed by atoms with Crippen molar-refractivity contribution in [3.8, 4) is 5.75 Å². The Balaban J connectivity index is 2.42. The van der Waals surface area contributed by atoms with Gasteiger partial charge in [0, 0.05) is 50.8 Å². The lowest BCUT2D eigenvalue weighted by atomic mass is 10.0. The van der Waals surface area contributed by atoms with Gasteiger partial charge >= 0.3 is 12.2 Å². The summed E-state index contributed by atoms with van der Waals surface area (Å²) in [4.78, 5) is 41.9. The number of amides is 4. The number of aliphatic hydroxyl groups excluding tert-OH is 1. The van der Waals surface area contributed by atoms with Gasteiger partial charge in [-0.2, -0.15) is 13.2 Å². The number of carbonyl (C=O) groups is 3. The molecule has 0 spiro atoms. The van der Waals surface area contributed by atoms with E-state index in [-0.39, 0.29) is 60.8 Å². The van der Waals surface area contributed by atoms with Gasteiger partial charge in [-0.3, -0.25) is 9.59 Å². The molecule has 1 aliphatic rings. The topological polar surface area (TPSA) is 120 Å². The fourth-order valence-electron chi connectivity index (χ4n) is 4.65. The number of hydrogen-bond acceptors (Lipinski definition) is 6. The highest BCUT2D eigenvalue weighted by molar-refractivity contribution is 5.99. The zero-order chi connectivity index (χ0) is 32.3. The Hall–Kier alpha value is -3.06. The number of halogens is 3. The van der Waals surface area contributed by atoms with Crippen LogP contribution in [0.25, 0.3) is 0 Å². The van der Waals surface area contributed by atoms with Crippen molar-refractivity contribution in [1.29, 1.82) is 0 Å². The summed E-state index contributed by atoms with van der Waals surface area (Å²) in [5, 5.41) is 15.4. The summed E-state index contributed by atoms with van der Waals surface area (Å²) in [6.45, 7) is 9.78. The minimum Gasteiger partial charge on any atom is -0.490 e. The van der Waals surface area contributed by atoms with Crippen LogP contribution in [0.3, 0.4) is 0 Å². The average Bonchev–Trinajstić information content (AvgIpc) is 2.92. The van der Waals surface area contributed by atoms with Crippen LogP contribution in [0.4, 0.5) is 23.7 Å². The smallest absolute Gasteiger partial charge is 0.389 e. The van der Waals surface area contributed by atoms with E-state index in [1.807, 2.05) is 27.7 Å². The molecule has 1 aromatic carbocycles. The number of nitrogens with zero attached hydrogens (tertiary/aromatic N) is 2. The molecule has 3 N–H and O–H groups in total. The van der Waals surface area contributed by atoms with Crippen molar-refractivity contribution in [3.05, 3.63) is 23.8 Å². The Morgan fingerprint density at radius 1 is 1.19 bits per heavy atom. The third-order valence-corrected chi connectivity index (χ3v) is 7.18. The van der Waals surface area contributed by atoms with Crippen LogP contribution < -0.4 is 15.4 Å². The molecule has 0 unspecified atom stereocenters. The van der Waals surface area contributed by atoms with E-state index in [9.17, 15) is 32.7 Å². The Morgan fingerprint density at radius 3 is 2.51 bits per heavy atom. The molecule has 0 aliphatic carbocycles. The fraction of sp³-hybridized carbons (Fsp3) is 0.700. The summed E-state index contributed by atoms with van der Waals surface area (Å²) in [6, 6.07) is 3.50. The number of benzene rings is 1. The van der Waals surface area contributed by atoms with Crippen molar-refractivity contribution in [2.45, 2.75) is 97.2 Å². The Labute approximate surface area is 252 Å². The van der Waals surface area contributed by atoms with Crippen LogP contribution in [-0.4, -0.2) is 96.6 Å². The second-order valence-electron chi connectivity index (χ2n) is 11.7. The summed E-state index contributed by atoms with van der Waals surface area (Å²) >= 11 is 0. The van der Waals surface area contributed by atoms with Gasteiger partial charge in [0.2, 0.25) is 5.91 Å². The van der Waals surface area contributed by atoms with Gasteiger partial charge in [-0.25, -0.2) is 4.79 Å². The van der Waals surface area contributed by atoms with Gasteiger partial charge in [-0.15, -0.1) is 0 Å². The number of fused-ring (bicyclic) bond motifs is 1. The highest BCUT2D eigenvalue weighted by atomic mass is 19.4. The first-order valence-electron chi connectivity index (χ1n) is 14.8. The molecule has 13 heteroatoms. The van der Waals surface area contributed by atoms with Crippen LogP contribution >= 0.6 is 0 Å². The molecule has 0 saturated carbocycles. The number of carbonyl (C=O) groups excluding carboxylic acids is 3. The number of ether oxygens (including phenoxy) is 2. The van der Waals surface area contributed by atoms with Crippen molar-refractivity contribution in [3.63, 3.8) is 0 Å². The number of alkyl halides is 3. The summed E-state index contributed by atoms with van der Waals surface area (Å²) in [5.41, 5.74) is 0.260. The molecule has 43 heavy (non-hydrogen) atoms. The van der Waals surface area contributed by atoms with Crippen LogP contribution in [0.2, 0.25) is 0 Å². The van der Waals surface area contributed by atoms with Gasteiger partial charge in [0.05, 0.1) is 36.8 Å². The molecule has 10 nitrogen and oxygen atoms in total. The Morgan fingerprint density at radius 2 is 1.88 bits per heavy atom. The number of rotatable bonds is 8. The molecule has 1 aromatic rings. The SMILES string of the molecule is CC(C)NC(=O)N(C)C[C@@H]1OCCCC[C@H](C)Oc2ccc(NC(=O)CCC(F)(F)F)cc2C(=O)N([C@@H](C)CO)C[C@@H]1C. The summed E-state index contributed by atoms with van der Waals surface area (Å²) in [5.74, 6) is -1.31. The van der Waals surface area contributed by atoms with Crippen molar-refractivity contribution in [2.24, 2.45) is 5.92 Å². The predicted octanol–water partition coefficient (Wildman–Crippen LogP) is 4.81. The number of anilines is 1. The first-order valence-corrected chi connectivity index (χ1v) is 14.8. The maximum absolute atomic E-state index is 14.1. The molecule has 0 fully saturated rings. The quantitative estimate of drug-likeness (QED) is 0.386. The van der Waals surface area contributed by atoms with Crippen LogP contribution in [-0.2, 0) is 9.53 Å². The zero-order valence-corrected chi connectivity index (χ0v) is 26.0. The summed E-state index contributed by atoms with van der Waals surface area (Å²) < 4.78 is 50.2. The molecular weight excluding hydrogens is 569 g/mol. The molecule has 0 radical (unpaired) electrons. The standard InChI is InChI=1S/C30H47F3N4O6/c1-19(2)34-29(41)36(6)17-26-20(3)16-37(21(4)18-38)28(40)24-15-23(35-27(39)12-13-30(31,32)33)10-11-25(24)43-22(5)9-7-8-14-42-26/h10-11,15,19-22,26,38H,7-9,12-14,16-18H2,1-6H3,(H,34,41)(H,35,39)/t20-,21-,22-,26-/m0/s1. The number of aliphatic hydroxyl groups is 1. The lowest BCUT2D eigenvalue weighted by molar-refractivity contribution is -0.142. The normalized spacial score (nSPS) is 21.3. The molecule has 0 bridgehead atoms. The molecule has 2 rings (SSSR count). The summed E-state index contributed by atoms with van der Waals surface area (Å²) in [6.07, 6.45) is -4.97. The van der Waals surface area contributed by atoms with Crippen molar-refractivity contribution in [2.75, 3.05) is 38.7 Å². The number of hydrogen-bond donors (Lipinski definition) is 3. The monoisotopic (exact) mass is 616 g/mol.